The summed E-state index contributed by atoms with van der Waals surface area (Å²) in [5.41, 5.74) is 0. The standard InChI is InChI=1S/C12H28N2O/c1-5-12(6-2)13-8-9-14(7-3)10-11-15-4/h12-13H,5-11H2,1-4H3. The maximum absolute atomic E-state index is 5.08. The second-order valence-electron chi connectivity index (χ2n) is 3.89. The van der Waals surface area contributed by atoms with Gasteiger partial charge in [0.2, 0.25) is 0 Å². The number of ether oxygens (including phenoxy) is 1. The van der Waals surface area contributed by atoms with E-state index >= 15 is 0 Å². The summed E-state index contributed by atoms with van der Waals surface area (Å²) in [5.74, 6) is 0. The van der Waals surface area contributed by atoms with Crippen LogP contribution in [-0.2, 0) is 4.74 Å². The molecule has 0 atom stereocenters. The molecule has 0 aromatic heterocycles. The maximum atomic E-state index is 5.08. The highest BCUT2D eigenvalue weighted by Gasteiger charge is 2.04. The number of methoxy groups -OCH3 is 1. The number of nitrogens with one attached hydrogen (secondary N) is 1. The molecule has 0 aliphatic heterocycles. The predicted octanol–water partition coefficient (Wildman–Crippen LogP) is 1.73. The summed E-state index contributed by atoms with van der Waals surface area (Å²) < 4.78 is 5.08. The summed E-state index contributed by atoms with van der Waals surface area (Å²) in [7, 11) is 1.76. The van der Waals surface area contributed by atoms with Crippen LogP contribution in [0.25, 0.3) is 0 Å². The number of hydrogen-bond donors (Lipinski definition) is 1. The molecule has 0 rings (SSSR count). The van der Waals surface area contributed by atoms with Gasteiger partial charge in [-0.05, 0) is 19.4 Å². The van der Waals surface area contributed by atoms with Gasteiger partial charge in [0, 0.05) is 32.8 Å². The molecule has 0 aliphatic carbocycles. The number of nitrogens with zero attached hydrogens (tertiary/aromatic N) is 1. The van der Waals surface area contributed by atoms with Crippen molar-refractivity contribution in [3.63, 3.8) is 0 Å². The number of rotatable bonds is 10. The third-order valence-corrected chi connectivity index (χ3v) is 2.91. The van der Waals surface area contributed by atoms with Crippen molar-refractivity contribution >= 4 is 0 Å². The minimum atomic E-state index is 0.686. The first-order valence-corrected chi connectivity index (χ1v) is 6.23. The van der Waals surface area contributed by atoms with Crippen LogP contribution in [-0.4, -0.2) is 50.8 Å². The lowest BCUT2D eigenvalue weighted by Crippen LogP contribution is -2.37. The molecule has 15 heavy (non-hydrogen) atoms. The van der Waals surface area contributed by atoms with Crippen LogP contribution in [0.1, 0.15) is 33.6 Å². The molecule has 0 bridgehead atoms. The molecule has 0 saturated heterocycles. The Bertz CT molecular complexity index is 127. The summed E-state index contributed by atoms with van der Waals surface area (Å²) >= 11 is 0. The van der Waals surface area contributed by atoms with E-state index in [0.29, 0.717) is 6.04 Å². The van der Waals surface area contributed by atoms with Crippen LogP contribution in [0, 0.1) is 0 Å². The van der Waals surface area contributed by atoms with E-state index in [0.717, 1.165) is 32.8 Å². The van der Waals surface area contributed by atoms with Gasteiger partial charge in [0.05, 0.1) is 6.61 Å². The van der Waals surface area contributed by atoms with Crippen LogP contribution in [0.4, 0.5) is 0 Å². The van der Waals surface area contributed by atoms with Crippen molar-refractivity contribution < 1.29 is 4.74 Å². The molecule has 0 amide bonds. The van der Waals surface area contributed by atoms with Gasteiger partial charge < -0.3 is 15.0 Å². The highest BCUT2D eigenvalue weighted by molar-refractivity contribution is 4.64. The molecule has 0 aromatic rings. The van der Waals surface area contributed by atoms with Crippen molar-refractivity contribution in [2.45, 2.75) is 39.7 Å². The minimum Gasteiger partial charge on any atom is -0.383 e. The molecule has 0 fully saturated rings. The molecule has 0 saturated carbocycles. The lowest BCUT2D eigenvalue weighted by atomic mass is 10.2. The largest absolute Gasteiger partial charge is 0.383 e. The number of likely N-dealkylation sites (N-methyl/N-ethyl adjacent to an activating group) is 1. The SMILES string of the molecule is CCC(CC)NCCN(CC)CCOC. The first-order valence-electron chi connectivity index (χ1n) is 6.23. The summed E-state index contributed by atoms with van der Waals surface area (Å²) in [4.78, 5) is 2.42. The zero-order valence-corrected chi connectivity index (χ0v) is 10.9. The van der Waals surface area contributed by atoms with Gasteiger partial charge in [0.1, 0.15) is 0 Å². The molecule has 0 heterocycles. The van der Waals surface area contributed by atoms with Gasteiger partial charge in [-0.1, -0.05) is 20.8 Å². The topological polar surface area (TPSA) is 24.5 Å². The molecule has 0 aliphatic rings. The Balaban J connectivity index is 3.52. The van der Waals surface area contributed by atoms with Crippen molar-refractivity contribution in [1.29, 1.82) is 0 Å². The van der Waals surface area contributed by atoms with Crippen molar-refractivity contribution in [3.05, 3.63) is 0 Å². The molecule has 3 heteroatoms. The third kappa shape index (κ3) is 7.77. The van der Waals surface area contributed by atoms with Gasteiger partial charge in [-0.2, -0.15) is 0 Å². The fourth-order valence-electron chi connectivity index (χ4n) is 1.65. The summed E-state index contributed by atoms with van der Waals surface area (Å²) in [6.45, 7) is 11.9. The Labute approximate surface area is 95.2 Å². The lowest BCUT2D eigenvalue weighted by Gasteiger charge is -2.22. The van der Waals surface area contributed by atoms with Crippen molar-refractivity contribution in [2.75, 3.05) is 39.9 Å². The van der Waals surface area contributed by atoms with Gasteiger partial charge in [0.25, 0.3) is 0 Å². The van der Waals surface area contributed by atoms with Crippen LogP contribution in [0.15, 0.2) is 0 Å². The first-order chi connectivity index (χ1) is 7.28. The van der Waals surface area contributed by atoms with Gasteiger partial charge in [-0.15, -0.1) is 0 Å². The summed E-state index contributed by atoms with van der Waals surface area (Å²) in [5, 5.41) is 3.58. The van der Waals surface area contributed by atoms with E-state index in [4.69, 9.17) is 4.74 Å². The predicted molar refractivity (Wildman–Crippen MR) is 66.4 cm³/mol. The van der Waals surface area contributed by atoms with E-state index in [-0.39, 0.29) is 0 Å². The van der Waals surface area contributed by atoms with Crippen molar-refractivity contribution in [3.8, 4) is 0 Å². The van der Waals surface area contributed by atoms with Crippen LogP contribution >= 0.6 is 0 Å². The van der Waals surface area contributed by atoms with Gasteiger partial charge in [0.15, 0.2) is 0 Å². The first kappa shape index (κ1) is 14.9. The second-order valence-corrected chi connectivity index (χ2v) is 3.89. The van der Waals surface area contributed by atoms with E-state index in [1.165, 1.54) is 12.8 Å². The number of hydrogen-bond acceptors (Lipinski definition) is 3. The Kier molecular flexibility index (Phi) is 10.3. The normalized spacial score (nSPS) is 11.6. The van der Waals surface area contributed by atoms with Crippen LogP contribution in [0.3, 0.4) is 0 Å². The van der Waals surface area contributed by atoms with Gasteiger partial charge in [-0.3, -0.25) is 0 Å². The van der Waals surface area contributed by atoms with Gasteiger partial charge >= 0.3 is 0 Å². The average molecular weight is 216 g/mol. The van der Waals surface area contributed by atoms with E-state index in [1.54, 1.807) is 7.11 Å². The maximum Gasteiger partial charge on any atom is 0.0589 e. The Hall–Kier alpha value is -0.120. The van der Waals surface area contributed by atoms with E-state index in [1.807, 2.05) is 0 Å². The fourth-order valence-corrected chi connectivity index (χ4v) is 1.65. The van der Waals surface area contributed by atoms with Crippen LogP contribution < -0.4 is 5.32 Å². The molecule has 0 unspecified atom stereocenters. The quantitative estimate of drug-likeness (QED) is 0.602. The minimum absolute atomic E-state index is 0.686. The Morgan fingerprint density at radius 3 is 2.27 bits per heavy atom. The van der Waals surface area contributed by atoms with Crippen LogP contribution in [0.2, 0.25) is 0 Å². The molecule has 0 spiro atoms. The monoisotopic (exact) mass is 216 g/mol. The van der Waals surface area contributed by atoms with Crippen molar-refractivity contribution in [2.24, 2.45) is 0 Å². The van der Waals surface area contributed by atoms with E-state index in [9.17, 15) is 0 Å². The molecular formula is C12H28N2O. The van der Waals surface area contributed by atoms with Crippen molar-refractivity contribution in [1.82, 2.24) is 10.2 Å². The summed E-state index contributed by atoms with van der Waals surface area (Å²) in [6.07, 6.45) is 2.45. The molecule has 1 N–H and O–H groups in total. The highest BCUT2D eigenvalue weighted by atomic mass is 16.5. The Morgan fingerprint density at radius 1 is 1.13 bits per heavy atom. The van der Waals surface area contributed by atoms with E-state index < -0.39 is 0 Å². The Morgan fingerprint density at radius 2 is 1.80 bits per heavy atom. The molecule has 0 aromatic carbocycles. The zero-order valence-electron chi connectivity index (χ0n) is 10.9. The molecule has 3 nitrogen and oxygen atoms in total. The third-order valence-electron chi connectivity index (χ3n) is 2.91. The fraction of sp³-hybridized carbons (Fsp3) is 1.00. The smallest absolute Gasteiger partial charge is 0.0589 e. The molecular weight excluding hydrogens is 188 g/mol. The van der Waals surface area contributed by atoms with E-state index in [2.05, 4.69) is 31.0 Å². The molecule has 92 valence electrons. The van der Waals surface area contributed by atoms with Crippen LogP contribution in [0.5, 0.6) is 0 Å². The average Bonchev–Trinajstić information content (AvgIpc) is 2.28. The highest BCUT2D eigenvalue weighted by Crippen LogP contribution is 1.95. The van der Waals surface area contributed by atoms with Gasteiger partial charge in [-0.25, -0.2) is 0 Å². The second kappa shape index (κ2) is 10.4. The lowest BCUT2D eigenvalue weighted by molar-refractivity contribution is 0.150. The zero-order chi connectivity index (χ0) is 11.5. The summed E-state index contributed by atoms with van der Waals surface area (Å²) in [6, 6.07) is 0.686. The molecule has 0 radical (unpaired) electrons.